The zero-order valence-corrected chi connectivity index (χ0v) is 13.4. The van der Waals surface area contributed by atoms with Crippen molar-refractivity contribution in [3.63, 3.8) is 0 Å². The monoisotopic (exact) mass is 371 g/mol. The summed E-state index contributed by atoms with van der Waals surface area (Å²) in [4.78, 5) is 9.48. The van der Waals surface area contributed by atoms with Gasteiger partial charge in [-0.2, -0.15) is 0 Å². The molecule has 1 aromatic carbocycles. The smallest absolute Gasteiger partial charge is 0.157 e. The molecule has 0 amide bonds. The summed E-state index contributed by atoms with van der Waals surface area (Å²) < 4.78 is 5.24. The Labute approximate surface area is 131 Å². The maximum absolute atomic E-state index is 6.11. The van der Waals surface area contributed by atoms with Crippen LogP contribution in [0.3, 0.4) is 0 Å². The molecule has 0 unspecified atom stereocenters. The van der Waals surface area contributed by atoms with Gasteiger partial charge in [0.1, 0.15) is 11.8 Å². The minimum Gasteiger partial charge on any atom is -0.309 e. The molecule has 3 rings (SSSR count). The third-order valence-electron chi connectivity index (χ3n) is 2.40. The van der Waals surface area contributed by atoms with Crippen LogP contribution in [0.1, 0.15) is 0 Å². The minimum atomic E-state index is 0.720. The fraction of sp³-hybridized carbons (Fsp3) is 0. The Bertz CT molecular complexity index is 732. The largest absolute Gasteiger partial charge is 0.309 e. The summed E-state index contributed by atoms with van der Waals surface area (Å²) in [6.07, 6.45) is 1.55. The van der Waals surface area contributed by atoms with Crippen LogP contribution >= 0.6 is 50.8 Å². The van der Waals surface area contributed by atoms with Gasteiger partial charge in [0, 0.05) is 10.3 Å². The lowest BCUT2D eigenvalue weighted by molar-refractivity contribution is 1.23. The molecule has 7 heteroatoms. The van der Waals surface area contributed by atoms with E-state index in [-0.39, 0.29) is 0 Å². The molecule has 0 bridgehead atoms. The topological polar surface area (TPSA) is 37.8 Å². The van der Waals surface area contributed by atoms with Crippen molar-refractivity contribution in [2.45, 2.75) is 4.90 Å². The summed E-state index contributed by atoms with van der Waals surface area (Å²) in [5.74, 6) is 0.797. The van der Waals surface area contributed by atoms with Crippen LogP contribution in [0.2, 0.25) is 5.02 Å². The number of hydrogen-bond acceptors (Lipinski definition) is 5. The van der Waals surface area contributed by atoms with E-state index in [0.717, 1.165) is 30.4 Å². The molecule has 0 radical (unpaired) electrons. The number of aromatic nitrogens is 2. The summed E-state index contributed by atoms with van der Waals surface area (Å²) in [7, 11) is 0. The molecule has 2 aromatic heterocycles. The molecular weight excluding hydrogens is 366 g/mol. The SMILES string of the molecule is Clc1ccccc1SNc1ncnc2c(Br)csc12. The van der Waals surface area contributed by atoms with Crippen molar-refractivity contribution in [3.8, 4) is 0 Å². The molecule has 0 aliphatic heterocycles. The van der Waals surface area contributed by atoms with Crippen molar-refractivity contribution in [2.24, 2.45) is 0 Å². The van der Waals surface area contributed by atoms with Crippen LogP contribution in [0, 0.1) is 0 Å². The van der Waals surface area contributed by atoms with Crippen molar-refractivity contribution in [3.05, 3.63) is 45.5 Å². The van der Waals surface area contributed by atoms with Crippen LogP contribution in [-0.4, -0.2) is 9.97 Å². The second-order valence-electron chi connectivity index (χ2n) is 3.62. The van der Waals surface area contributed by atoms with Crippen LogP contribution in [0.4, 0.5) is 5.82 Å². The van der Waals surface area contributed by atoms with E-state index in [1.165, 1.54) is 11.9 Å². The van der Waals surface area contributed by atoms with Crippen LogP contribution < -0.4 is 4.72 Å². The predicted molar refractivity (Wildman–Crippen MR) is 86.0 cm³/mol. The number of hydrogen-bond donors (Lipinski definition) is 1. The van der Waals surface area contributed by atoms with Gasteiger partial charge >= 0.3 is 0 Å². The highest BCUT2D eigenvalue weighted by Crippen LogP contribution is 2.35. The molecular formula is C12H7BrClN3S2. The highest BCUT2D eigenvalue weighted by molar-refractivity contribution is 9.10. The summed E-state index contributed by atoms with van der Waals surface area (Å²) in [6.45, 7) is 0. The molecule has 0 saturated heterocycles. The quantitative estimate of drug-likeness (QED) is 0.639. The van der Waals surface area contributed by atoms with Gasteiger partial charge < -0.3 is 4.72 Å². The number of nitrogens with zero attached hydrogens (tertiary/aromatic N) is 2. The molecule has 0 aliphatic rings. The molecule has 0 saturated carbocycles. The molecule has 96 valence electrons. The van der Waals surface area contributed by atoms with E-state index in [9.17, 15) is 0 Å². The fourth-order valence-corrected chi connectivity index (χ4v) is 4.05. The minimum absolute atomic E-state index is 0.720. The summed E-state index contributed by atoms with van der Waals surface area (Å²) in [6, 6.07) is 7.68. The molecule has 0 spiro atoms. The second-order valence-corrected chi connectivity index (χ2v) is 6.61. The number of nitrogens with one attached hydrogen (secondary N) is 1. The maximum atomic E-state index is 6.11. The van der Waals surface area contributed by atoms with E-state index < -0.39 is 0 Å². The van der Waals surface area contributed by atoms with Gasteiger partial charge in [-0.05, 0) is 40.0 Å². The van der Waals surface area contributed by atoms with E-state index >= 15 is 0 Å². The molecule has 0 atom stereocenters. The van der Waals surface area contributed by atoms with E-state index in [2.05, 4.69) is 30.6 Å². The highest BCUT2D eigenvalue weighted by Gasteiger charge is 2.09. The Hall–Kier alpha value is -0.820. The Morgan fingerprint density at radius 2 is 2.11 bits per heavy atom. The predicted octanol–water partition coefficient (Wildman–Crippen LogP) is 5.23. The van der Waals surface area contributed by atoms with Crippen molar-refractivity contribution in [1.29, 1.82) is 0 Å². The van der Waals surface area contributed by atoms with E-state index in [0.29, 0.717) is 0 Å². The first-order valence-corrected chi connectivity index (χ1v) is 8.17. The molecule has 19 heavy (non-hydrogen) atoms. The lowest BCUT2D eigenvalue weighted by Crippen LogP contribution is -1.92. The van der Waals surface area contributed by atoms with E-state index in [4.69, 9.17) is 11.6 Å². The average Bonchev–Trinajstić information content (AvgIpc) is 2.81. The Morgan fingerprint density at radius 3 is 2.95 bits per heavy atom. The number of fused-ring (bicyclic) bond motifs is 1. The first-order valence-electron chi connectivity index (χ1n) is 5.31. The number of anilines is 1. The van der Waals surface area contributed by atoms with Crippen LogP contribution in [-0.2, 0) is 0 Å². The molecule has 2 heterocycles. The molecule has 0 fully saturated rings. The average molecular weight is 373 g/mol. The summed E-state index contributed by atoms with van der Waals surface area (Å²) in [5.41, 5.74) is 0.919. The van der Waals surface area contributed by atoms with Gasteiger partial charge in [-0.15, -0.1) is 11.3 Å². The number of thiophene rings is 1. The van der Waals surface area contributed by atoms with Gasteiger partial charge in [0.15, 0.2) is 5.82 Å². The van der Waals surface area contributed by atoms with Gasteiger partial charge in [-0.25, -0.2) is 9.97 Å². The van der Waals surface area contributed by atoms with Crippen molar-refractivity contribution in [1.82, 2.24) is 9.97 Å². The van der Waals surface area contributed by atoms with E-state index in [1.807, 2.05) is 29.6 Å². The first kappa shape index (κ1) is 13.2. The van der Waals surface area contributed by atoms with Crippen LogP contribution in [0.15, 0.2) is 45.3 Å². The lowest BCUT2D eigenvalue weighted by Gasteiger charge is -2.06. The van der Waals surface area contributed by atoms with Gasteiger partial charge in [0.05, 0.1) is 14.2 Å². The van der Waals surface area contributed by atoms with Crippen molar-refractivity contribution in [2.75, 3.05) is 4.72 Å². The Kier molecular flexibility index (Phi) is 3.93. The number of halogens is 2. The lowest BCUT2D eigenvalue weighted by atomic mass is 10.4. The first-order chi connectivity index (χ1) is 9.25. The van der Waals surface area contributed by atoms with Crippen molar-refractivity contribution < 1.29 is 0 Å². The number of rotatable bonds is 3. The second kappa shape index (κ2) is 5.66. The van der Waals surface area contributed by atoms with Crippen LogP contribution in [0.25, 0.3) is 10.2 Å². The summed E-state index contributed by atoms with van der Waals surface area (Å²) in [5, 5.41) is 2.72. The third kappa shape index (κ3) is 2.72. The van der Waals surface area contributed by atoms with Gasteiger partial charge in [0.2, 0.25) is 0 Å². The number of benzene rings is 1. The maximum Gasteiger partial charge on any atom is 0.157 e. The normalized spacial score (nSPS) is 10.8. The molecule has 1 N–H and O–H groups in total. The summed E-state index contributed by atoms with van der Waals surface area (Å²) >= 11 is 12.6. The van der Waals surface area contributed by atoms with E-state index in [1.54, 1.807) is 17.7 Å². The van der Waals surface area contributed by atoms with Gasteiger partial charge in [-0.1, -0.05) is 23.7 Å². The van der Waals surface area contributed by atoms with Crippen LogP contribution in [0.5, 0.6) is 0 Å². The fourth-order valence-electron chi connectivity index (χ4n) is 1.53. The molecule has 3 aromatic rings. The Morgan fingerprint density at radius 1 is 1.26 bits per heavy atom. The van der Waals surface area contributed by atoms with Crippen molar-refractivity contribution >= 4 is 66.9 Å². The highest BCUT2D eigenvalue weighted by atomic mass is 79.9. The third-order valence-corrected chi connectivity index (χ3v) is 5.60. The zero-order chi connectivity index (χ0) is 13.2. The Balaban J connectivity index is 1.88. The van der Waals surface area contributed by atoms with Gasteiger partial charge in [0.25, 0.3) is 0 Å². The molecule has 0 aliphatic carbocycles. The zero-order valence-electron chi connectivity index (χ0n) is 9.43. The molecule has 3 nitrogen and oxygen atoms in total. The standard InChI is InChI=1S/C12H7BrClN3S2/c13-7-5-18-11-10(7)15-6-16-12(11)17-19-9-4-2-1-3-8(9)14/h1-6H,(H,15,16,17). The van der Waals surface area contributed by atoms with Gasteiger partial charge in [-0.3, -0.25) is 0 Å².